The van der Waals surface area contributed by atoms with Gasteiger partial charge in [0.15, 0.2) is 0 Å². The quantitative estimate of drug-likeness (QED) is 0.817. The number of nitrogens with one attached hydrogen (secondary N) is 1. The van der Waals surface area contributed by atoms with Crippen molar-refractivity contribution in [1.29, 1.82) is 0 Å². The van der Waals surface area contributed by atoms with E-state index in [1.807, 2.05) is 10.9 Å². The maximum Gasteiger partial charge on any atom is 0.0527 e. The van der Waals surface area contributed by atoms with Gasteiger partial charge >= 0.3 is 0 Å². The lowest BCUT2D eigenvalue weighted by Crippen LogP contribution is -2.13. The fourth-order valence-electron chi connectivity index (χ4n) is 2.37. The van der Waals surface area contributed by atoms with Crippen molar-refractivity contribution < 1.29 is 0 Å². The molecule has 1 unspecified atom stereocenters. The lowest BCUT2D eigenvalue weighted by molar-refractivity contribution is 0.543. The molecule has 3 nitrogen and oxygen atoms in total. The minimum absolute atomic E-state index is 0.586. The third-order valence-electron chi connectivity index (χ3n) is 3.36. The van der Waals surface area contributed by atoms with Crippen molar-refractivity contribution in [2.45, 2.75) is 32.6 Å². The fourth-order valence-corrected chi connectivity index (χ4v) is 2.37. The molecule has 1 aliphatic heterocycles. The van der Waals surface area contributed by atoms with Crippen LogP contribution >= 0.6 is 0 Å². The maximum absolute atomic E-state index is 4.38. The van der Waals surface area contributed by atoms with Gasteiger partial charge in [-0.2, -0.15) is 5.10 Å². The Morgan fingerprint density at radius 3 is 3.00 bits per heavy atom. The highest BCUT2D eigenvalue weighted by molar-refractivity contribution is 5.22. The molecule has 1 aliphatic rings. The van der Waals surface area contributed by atoms with Crippen LogP contribution in [0.25, 0.3) is 0 Å². The SMILES string of the molecule is CC(C)c1cnn(C)c1CC1CCNC1. The number of rotatable bonds is 3. The van der Waals surface area contributed by atoms with E-state index in [2.05, 4.69) is 31.3 Å². The predicted octanol–water partition coefficient (Wildman–Crippen LogP) is 1.70. The van der Waals surface area contributed by atoms with Crippen molar-refractivity contribution in [2.75, 3.05) is 13.1 Å². The molecule has 1 aromatic rings. The summed E-state index contributed by atoms with van der Waals surface area (Å²) in [5, 5.41) is 7.80. The van der Waals surface area contributed by atoms with E-state index in [1.165, 1.54) is 37.2 Å². The molecule has 0 spiro atoms. The second-order valence-electron chi connectivity index (χ2n) is 4.89. The third-order valence-corrected chi connectivity index (χ3v) is 3.36. The van der Waals surface area contributed by atoms with Gasteiger partial charge in [0.1, 0.15) is 0 Å². The minimum Gasteiger partial charge on any atom is -0.316 e. The van der Waals surface area contributed by atoms with Gasteiger partial charge in [-0.3, -0.25) is 4.68 Å². The molecule has 0 saturated carbocycles. The van der Waals surface area contributed by atoms with E-state index in [1.54, 1.807) is 0 Å². The van der Waals surface area contributed by atoms with Gasteiger partial charge in [0, 0.05) is 12.7 Å². The van der Waals surface area contributed by atoms with Gasteiger partial charge in [-0.25, -0.2) is 0 Å². The number of nitrogens with zero attached hydrogens (tertiary/aromatic N) is 2. The van der Waals surface area contributed by atoms with Crippen molar-refractivity contribution in [1.82, 2.24) is 15.1 Å². The van der Waals surface area contributed by atoms with Gasteiger partial charge in [0.2, 0.25) is 0 Å². The van der Waals surface area contributed by atoms with E-state index in [0.29, 0.717) is 5.92 Å². The molecule has 0 radical (unpaired) electrons. The average Bonchev–Trinajstić information content (AvgIpc) is 2.78. The van der Waals surface area contributed by atoms with Crippen LogP contribution in [0.5, 0.6) is 0 Å². The van der Waals surface area contributed by atoms with Gasteiger partial charge in [0.25, 0.3) is 0 Å². The number of hydrogen-bond acceptors (Lipinski definition) is 2. The highest BCUT2D eigenvalue weighted by Gasteiger charge is 2.19. The first-order valence-electron chi connectivity index (χ1n) is 5.90. The molecular formula is C12H21N3. The number of aryl methyl sites for hydroxylation is 1. The van der Waals surface area contributed by atoms with Gasteiger partial charge in [-0.1, -0.05) is 13.8 Å². The van der Waals surface area contributed by atoms with Crippen molar-refractivity contribution >= 4 is 0 Å². The smallest absolute Gasteiger partial charge is 0.0527 e. The molecule has 0 amide bonds. The molecule has 0 aromatic carbocycles. The Kier molecular flexibility index (Phi) is 3.10. The Hall–Kier alpha value is -0.830. The van der Waals surface area contributed by atoms with Crippen LogP contribution in [-0.2, 0) is 13.5 Å². The van der Waals surface area contributed by atoms with Gasteiger partial charge in [-0.15, -0.1) is 0 Å². The topological polar surface area (TPSA) is 29.9 Å². The summed E-state index contributed by atoms with van der Waals surface area (Å²) in [7, 11) is 2.06. The van der Waals surface area contributed by atoms with Crippen LogP contribution < -0.4 is 5.32 Å². The number of aromatic nitrogens is 2. The molecule has 0 aliphatic carbocycles. The molecule has 0 bridgehead atoms. The van der Waals surface area contributed by atoms with E-state index in [9.17, 15) is 0 Å². The zero-order valence-electron chi connectivity index (χ0n) is 9.95. The first-order chi connectivity index (χ1) is 7.18. The Bertz CT molecular complexity index is 322. The summed E-state index contributed by atoms with van der Waals surface area (Å²) < 4.78 is 2.05. The summed E-state index contributed by atoms with van der Waals surface area (Å²) in [5.74, 6) is 1.39. The van der Waals surface area contributed by atoms with Crippen molar-refractivity contribution in [3.05, 3.63) is 17.5 Å². The van der Waals surface area contributed by atoms with Crippen molar-refractivity contribution in [3.8, 4) is 0 Å². The van der Waals surface area contributed by atoms with E-state index in [-0.39, 0.29) is 0 Å². The Morgan fingerprint density at radius 1 is 1.60 bits per heavy atom. The zero-order valence-corrected chi connectivity index (χ0v) is 9.95. The third kappa shape index (κ3) is 2.23. The summed E-state index contributed by atoms with van der Waals surface area (Å²) in [5.41, 5.74) is 2.85. The minimum atomic E-state index is 0.586. The molecule has 1 aromatic heterocycles. The molecule has 1 atom stereocenters. The standard InChI is InChI=1S/C12H21N3/c1-9(2)11-8-14-15(3)12(11)6-10-4-5-13-7-10/h8-10,13H,4-7H2,1-3H3. The van der Waals surface area contributed by atoms with E-state index in [4.69, 9.17) is 0 Å². The summed E-state index contributed by atoms with van der Waals surface area (Å²) in [6, 6.07) is 0. The molecule has 2 rings (SSSR count). The average molecular weight is 207 g/mol. The normalized spacial score (nSPS) is 21.5. The van der Waals surface area contributed by atoms with Crippen LogP contribution in [-0.4, -0.2) is 22.9 Å². The van der Waals surface area contributed by atoms with Gasteiger partial charge in [-0.05, 0) is 43.3 Å². The summed E-state index contributed by atoms with van der Waals surface area (Å²) >= 11 is 0. The summed E-state index contributed by atoms with van der Waals surface area (Å²) in [6.07, 6.45) is 4.52. The molecule has 1 N–H and O–H groups in total. The maximum atomic E-state index is 4.38. The second-order valence-corrected chi connectivity index (χ2v) is 4.89. The van der Waals surface area contributed by atoms with Crippen LogP contribution in [0.2, 0.25) is 0 Å². The second kappa shape index (κ2) is 4.35. The van der Waals surface area contributed by atoms with Crippen LogP contribution in [0.3, 0.4) is 0 Å². The Morgan fingerprint density at radius 2 is 2.40 bits per heavy atom. The van der Waals surface area contributed by atoms with Gasteiger partial charge in [0.05, 0.1) is 6.20 Å². The Balaban J connectivity index is 2.14. The van der Waals surface area contributed by atoms with Crippen LogP contribution in [0.1, 0.15) is 37.4 Å². The van der Waals surface area contributed by atoms with Crippen LogP contribution in [0.15, 0.2) is 6.20 Å². The lowest BCUT2D eigenvalue weighted by atomic mass is 9.96. The first-order valence-corrected chi connectivity index (χ1v) is 5.90. The fraction of sp³-hybridized carbons (Fsp3) is 0.750. The highest BCUT2D eigenvalue weighted by atomic mass is 15.3. The molecule has 3 heteroatoms. The van der Waals surface area contributed by atoms with E-state index >= 15 is 0 Å². The molecule has 1 fully saturated rings. The van der Waals surface area contributed by atoms with Crippen LogP contribution in [0.4, 0.5) is 0 Å². The molecular weight excluding hydrogens is 186 g/mol. The van der Waals surface area contributed by atoms with Crippen molar-refractivity contribution in [3.63, 3.8) is 0 Å². The lowest BCUT2D eigenvalue weighted by Gasteiger charge is -2.12. The first kappa shape index (κ1) is 10.7. The molecule has 1 saturated heterocycles. The largest absolute Gasteiger partial charge is 0.316 e. The van der Waals surface area contributed by atoms with Crippen LogP contribution in [0, 0.1) is 5.92 Å². The number of hydrogen-bond donors (Lipinski definition) is 1. The van der Waals surface area contributed by atoms with E-state index < -0.39 is 0 Å². The van der Waals surface area contributed by atoms with Crippen molar-refractivity contribution in [2.24, 2.45) is 13.0 Å². The molecule has 84 valence electrons. The zero-order chi connectivity index (χ0) is 10.8. The monoisotopic (exact) mass is 207 g/mol. The summed E-state index contributed by atoms with van der Waals surface area (Å²) in [4.78, 5) is 0. The van der Waals surface area contributed by atoms with Gasteiger partial charge < -0.3 is 5.32 Å². The van der Waals surface area contributed by atoms with E-state index in [0.717, 1.165) is 5.92 Å². The highest BCUT2D eigenvalue weighted by Crippen LogP contribution is 2.23. The summed E-state index contributed by atoms with van der Waals surface area (Å²) in [6.45, 7) is 6.84. The molecule has 15 heavy (non-hydrogen) atoms. The molecule has 2 heterocycles. The Labute approximate surface area is 91.9 Å². The predicted molar refractivity (Wildman–Crippen MR) is 62.0 cm³/mol.